The molecule has 6 nitrogen and oxygen atoms in total. The van der Waals surface area contributed by atoms with Crippen molar-refractivity contribution in [2.24, 2.45) is 0 Å². The molecule has 9 heteroatoms. The lowest BCUT2D eigenvalue weighted by Crippen LogP contribution is -2.28. The van der Waals surface area contributed by atoms with Crippen molar-refractivity contribution in [2.45, 2.75) is 11.4 Å². The molecule has 1 amide bonds. The van der Waals surface area contributed by atoms with Gasteiger partial charge in [-0.1, -0.05) is 35.3 Å². The van der Waals surface area contributed by atoms with Crippen LogP contribution in [0.5, 0.6) is 5.75 Å². The average molecular weight is 417 g/mol. The molecule has 0 atom stereocenters. The fourth-order valence-corrected chi connectivity index (χ4v) is 3.21. The largest absolute Gasteiger partial charge is 0.482 e. The van der Waals surface area contributed by atoms with Gasteiger partial charge in [0.05, 0.1) is 9.92 Å². The predicted molar refractivity (Wildman–Crippen MR) is 101 cm³/mol. The van der Waals surface area contributed by atoms with E-state index >= 15 is 0 Å². The number of ether oxygens (including phenoxy) is 1. The smallest absolute Gasteiger partial charge is 0.258 e. The lowest BCUT2D eigenvalue weighted by Gasteiger charge is -2.12. The molecule has 0 aliphatic carbocycles. The summed E-state index contributed by atoms with van der Waals surface area (Å²) >= 11 is 11.8. The number of nitrogens with zero attached hydrogens (tertiary/aromatic N) is 1. The fraction of sp³-hybridized carbons (Fsp3) is 0.235. The number of benzene rings is 2. The van der Waals surface area contributed by atoms with Gasteiger partial charge in [-0.3, -0.25) is 4.79 Å². The molecular formula is C17H18Cl2N2O4S. The van der Waals surface area contributed by atoms with Crippen LogP contribution >= 0.6 is 23.2 Å². The van der Waals surface area contributed by atoms with Crippen molar-refractivity contribution in [1.82, 2.24) is 9.62 Å². The normalized spacial score (nSPS) is 11.4. The third-order valence-electron chi connectivity index (χ3n) is 3.44. The molecule has 140 valence electrons. The van der Waals surface area contributed by atoms with Gasteiger partial charge in [0, 0.05) is 31.7 Å². The van der Waals surface area contributed by atoms with Crippen LogP contribution in [0.2, 0.25) is 10.0 Å². The number of carbonyl (C=O) groups is 1. The van der Waals surface area contributed by atoms with Crippen LogP contribution in [0.1, 0.15) is 5.56 Å². The molecule has 0 fully saturated rings. The maximum absolute atomic E-state index is 12.0. The van der Waals surface area contributed by atoms with Crippen LogP contribution in [0.15, 0.2) is 47.4 Å². The zero-order chi connectivity index (χ0) is 19.3. The Bertz CT molecular complexity index is 884. The highest BCUT2D eigenvalue weighted by atomic mass is 35.5. The van der Waals surface area contributed by atoms with E-state index in [9.17, 15) is 13.2 Å². The molecule has 0 spiro atoms. The Morgan fingerprint density at radius 2 is 1.77 bits per heavy atom. The van der Waals surface area contributed by atoms with Crippen LogP contribution < -0.4 is 10.1 Å². The molecule has 0 aliphatic heterocycles. The molecule has 0 aromatic heterocycles. The van der Waals surface area contributed by atoms with Gasteiger partial charge >= 0.3 is 0 Å². The molecule has 2 aromatic carbocycles. The molecule has 0 saturated heterocycles. The first-order valence-corrected chi connectivity index (χ1v) is 9.76. The third-order valence-corrected chi connectivity index (χ3v) is 5.82. The molecule has 0 saturated carbocycles. The van der Waals surface area contributed by atoms with Crippen LogP contribution in [0.4, 0.5) is 0 Å². The average Bonchev–Trinajstić information content (AvgIpc) is 2.61. The number of hydrogen-bond donors (Lipinski definition) is 1. The summed E-state index contributed by atoms with van der Waals surface area (Å²) in [6.45, 7) is 0.0287. The predicted octanol–water partition coefficient (Wildman–Crippen LogP) is 2.94. The van der Waals surface area contributed by atoms with Crippen molar-refractivity contribution >= 4 is 39.1 Å². The molecule has 2 aromatic rings. The number of rotatable bonds is 7. The van der Waals surface area contributed by atoms with Crippen molar-refractivity contribution in [2.75, 3.05) is 20.7 Å². The topological polar surface area (TPSA) is 75.7 Å². The summed E-state index contributed by atoms with van der Waals surface area (Å²) in [6.07, 6.45) is 0. The monoisotopic (exact) mass is 416 g/mol. The zero-order valence-corrected chi connectivity index (χ0v) is 16.5. The van der Waals surface area contributed by atoms with Gasteiger partial charge in [0.2, 0.25) is 10.0 Å². The summed E-state index contributed by atoms with van der Waals surface area (Å²) in [5, 5.41) is 3.50. The highest BCUT2D eigenvalue weighted by molar-refractivity contribution is 7.89. The van der Waals surface area contributed by atoms with E-state index < -0.39 is 10.0 Å². The summed E-state index contributed by atoms with van der Waals surface area (Å²) in [4.78, 5) is 12.1. The van der Waals surface area contributed by atoms with Gasteiger partial charge in [-0.05, 0) is 29.8 Å². The summed E-state index contributed by atoms with van der Waals surface area (Å²) in [5.74, 6) is -0.0152. The summed E-state index contributed by atoms with van der Waals surface area (Å²) in [5.41, 5.74) is 0.761. The van der Waals surface area contributed by atoms with Crippen LogP contribution in [0.25, 0.3) is 0 Å². The van der Waals surface area contributed by atoms with E-state index in [1.807, 2.05) is 0 Å². The van der Waals surface area contributed by atoms with Crippen molar-refractivity contribution in [3.05, 3.63) is 58.1 Å². The molecule has 26 heavy (non-hydrogen) atoms. The fourth-order valence-electron chi connectivity index (χ4n) is 1.97. The first-order valence-electron chi connectivity index (χ1n) is 7.56. The molecule has 1 N–H and O–H groups in total. The minimum Gasteiger partial charge on any atom is -0.482 e. The molecule has 0 unspecified atom stereocenters. The minimum atomic E-state index is -3.47. The number of sulfonamides is 1. The molecule has 0 heterocycles. The second kappa shape index (κ2) is 8.73. The van der Waals surface area contributed by atoms with Crippen LogP contribution in [0.3, 0.4) is 0 Å². The SMILES string of the molecule is CN(C)S(=O)(=O)c1ccc(CNC(=O)COc2cc(Cl)ccc2Cl)cc1. The second-order valence-electron chi connectivity index (χ2n) is 5.57. The van der Waals surface area contributed by atoms with Gasteiger partial charge in [-0.15, -0.1) is 0 Å². The van der Waals surface area contributed by atoms with E-state index in [0.717, 1.165) is 9.87 Å². The lowest BCUT2D eigenvalue weighted by atomic mass is 10.2. The van der Waals surface area contributed by atoms with Crippen LogP contribution in [0, 0.1) is 0 Å². The van der Waals surface area contributed by atoms with Gasteiger partial charge < -0.3 is 10.1 Å². The Morgan fingerprint density at radius 3 is 2.38 bits per heavy atom. The van der Waals surface area contributed by atoms with E-state index in [4.69, 9.17) is 27.9 Å². The van der Waals surface area contributed by atoms with E-state index in [0.29, 0.717) is 15.8 Å². The summed E-state index contributed by atoms with van der Waals surface area (Å²) < 4.78 is 30.5. The van der Waals surface area contributed by atoms with E-state index in [1.54, 1.807) is 24.3 Å². The van der Waals surface area contributed by atoms with Gasteiger partial charge in [-0.25, -0.2) is 12.7 Å². The van der Waals surface area contributed by atoms with E-state index in [-0.39, 0.29) is 24.0 Å². The summed E-state index contributed by atoms with van der Waals surface area (Å²) in [7, 11) is -0.533. The van der Waals surface area contributed by atoms with Gasteiger partial charge in [0.25, 0.3) is 5.91 Å². The highest BCUT2D eigenvalue weighted by Crippen LogP contribution is 2.27. The zero-order valence-electron chi connectivity index (χ0n) is 14.2. The molecular weight excluding hydrogens is 399 g/mol. The molecule has 0 radical (unpaired) electrons. The number of nitrogens with one attached hydrogen (secondary N) is 1. The maximum atomic E-state index is 12.0. The summed E-state index contributed by atoms with van der Waals surface area (Å²) in [6, 6.07) is 11.0. The number of carbonyl (C=O) groups excluding carboxylic acids is 1. The van der Waals surface area contributed by atoms with Gasteiger partial charge in [-0.2, -0.15) is 0 Å². The Balaban J connectivity index is 1.88. The van der Waals surface area contributed by atoms with E-state index in [1.165, 1.54) is 32.3 Å². The molecule has 0 bridgehead atoms. The maximum Gasteiger partial charge on any atom is 0.258 e. The Labute approximate surface area is 162 Å². The standard InChI is InChI=1S/C17H18Cl2N2O4S/c1-21(2)26(23,24)14-6-3-12(4-7-14)10-20-17(22)11-25-16-9-13(18)5-8-15(16)19/h3-9H,10-11H2,1-2H3,(H,20,22). The van der Waals surface area contributed by atoms with Crippen molar-refractivity contribution in [1.29, 1.82) is 0 Å². The first kappa shape index (κ1) is 20.5. The lowest BCUT2D eigenvalue weighted by molar-refractivity contribution is -0.123. The number of hydrogen-bond acceptors (Lipinski definition) is 4. The van der Waals surface area contributed by atoms with Gasteiger partial charge in [0.1, 0.15) is 5.75 Å². The number of halogens is 2. The quantitative estimate of drug-likeness (QED) is 0.752. The Morgan fingerprint density at radius 1 is 1.12 bits per heavy atom. The number of amides is 1. The second-order valence-corrected chi connectivity index (χ2v) is 8.57. The molecule has 0 aliphatic rings. The Hall–Kier alpha value is -1.80. The highest BCUT2D eigenvalue weighted by Gasteiger charge is 2.16. The van der Waals surface area contributed by atoms with Crippen LogP contribution in [-0.4, -0.2) is 39.3 Å². The van der Waals surface area contributed by atoms with Crippen molar-refractivity contribution in [3.63, 3.8) is 0 Å². The Kier molecular flexibility index (Phi) is 6.88. The minimum absolute atomic E-state index is 0.191. The first-order chi connectivity index (χ1) is 12.2. The van der Waals surface area contributed by atoms with Crippen molar-refractivity contribution in [3.8, 4) is 5.75 Å². The molecule has 2 rings (SSSR count). The van der Waals surface area contributed by atoms with Crippen LogP contribution in [-0.2, 0) is 21.4 Å². The van der Waals surface area contributed by atoms with E-state index in [2.05, 4.69) is 5.32 Å². The third kappa shape index (κ3) is 5.35. The van der Waals surface area contributed by atoms with Crippen molar-refractivity contribution < 1.29 is 17.9 Å². The van der Waals surface area contributed by atoms with Gasteiger partial charge in [0.15, 0.2) is 6.61 Å².